The fourth-order valence-electron chi connectivity index (χ4n) is 0.765. The first-order chi connectivity index (χ1) is 6.74. The summed E-state index contributed by atoms with van der Waals surface area (Å²) in [5.41, 5.74) is 0.667. The quantitative estimate of drug-likeness (QED) is 0.435. The van der Waals surface area contributed by atoms with Gasteiger partial charge >= 0.3 is 5.97 Å². The summed E-state index contributed by atoms with van der Waals surface area (Å²) in [7, 11) is 0. The molecular formula is C10H8BrNO2. The summed E-state index contributed by atoms with van der Waals surface area (Å²) in [6.07, 6.45) is 1.64. The van der Waals surface area contributed by atoms with Crippen molar-refractivity contribution in [3.63, 3.8) is 0 Å². The number of rotatable bonds is 1. The van der Waals surface area contributed by atoms with E-state index in [1.807, 2.05) is 0 Å². The number of carbonyl (C=O) groups is 1. The number of esters is 1. The van der Waals surface area contributed by atoms with Gasteiger partial charge in [-0.3, -0.25) is 0 Å². The molecule has 0 aliphatic rings. The van der Waals surface area contributed by atoms with E-state index in [1.165, 1.54) is 0 Å². The number of nitrogens with zero attached hydrogens (tertiary/aromatic N) is 1. The lowest BCUT2D eigenvalue weighted by molar-refractivity contribution is -0.136. The second-order valence-electron chi connectivity index (χ2n) is 2.31. The van der Waals surface area contributed by atoms with Crippen molar-refractivity contribution in [1.29, 1.82) is 0 Å². The number of hydrogen-bond donors (Lipinski definition) is 0. The average Bonchev–Trinajstić information content (AvgIpc) is 2.17. The maximum atomic E-state index is 10.9. The maximum Gasteiger partial charge on any atom is 0.384 e. The zero-order valence-corrected chi connectivity index (χ0v) is 9.17. The highest BCUT2D eigenvalue weighted by atomic mass is 79.9. The molecule has 0 saturated heterocycles. The number of hydrogen-bond acceptors (Lipinski definition) is 3. The third-order valence-electron chi connectivity index (χ3n) is 1.33. The number of pyridine rings is 1. The van der Waals surface area contributed by atoms with Gasteiger partial charge in [0.2, 0.25) is 0 Å². The molecule has 0 radical (unpaired) electrons. The number of aromatic nitrogens is 1. The monoisotopic (exact) mass is 253 g/mol. The van der Waals surface area contributed by atoms with Gasteiger partial charge in [-0.25, -0.2) is 9.78 Å². The van der Waals surface area contributed by atoms with E-state index in [9.17, 15) is 4.79 Å². The Labute approximate surface area is 90.6 Å². The summed E-state index contributed by atoms with van der Waals surface area (Å²) in [4.78, 5) is 14.9. The molecule has 0 amide bonds. The Morgan fingerprint density at radius 3 is 3.14 bits per heavy atom. The molecule has 0 spiro atoms. The largest absolute Gasteiger partial charge is 0.456 e. The molecular weight excluding hydrogens is 246 g/mol. The van der Waals surface area contributed by atoms with E-state index >= 15 is 0 Å². The second kappa shape index (κ2) is 5.40. The average molecular weight is 254 g/mol. The van der Waals surface area contributed by atoms with Crippen LogP contribution in [0.25, 0.3) is 0 Å². The van der Waals surface area contributed by atoms with Crippen LogP contribution in [0.2, 0.25) is 0 Å². The van der Waals surface area contributed by atoms with Crippen LogP contribution >= 0.6 is 15.9 Å². The Morgan fingerprint density at radius 1 is 1.71 bits per heavy atom. The molecule has 0 unspecified atom stereocenters. The van der Waals surface area contributed by atoms with Crippen LogP contribution in [0.3, 0.4) is 0 Å². The molecule has 0 saturated carbocycles. The van der Waals surface area contributed by atoms with Gasteiger partial charge in [-0.1, -0.05) is 5.92 Å². The SMILES string of the molecule is CCOC(=O)C#Cc1cccnc1Br. The van der Waals surface area contributed by atoms with Gasteiger partial charge in [-0.05, 0) is 35.0 Å². The molecule has 1 aromatic heterocycles. The van der Waals surface area contributed by atoms with Crippen LogP contribution in [-0.4, -0.2) is 17.6 Å². The van der Waals surface area contributed by atoms with Crippen LogP contribution < -0.4 is 0 Å². The molecule has 1 rings (SSSR count). The van der Waals surface area contributed by atoms with E-state index in [-0.39, 0.29) is 0 Å². The minimum atomic E-state index is -0.525. The summed E-state index contributed by atoms with van der Waals surface area (Å²) >= 11 is 3.22. The molecule has 0 aromatic carbocycles. The van der Waals surface area contributed by atoms with Crippen molar-refractivity contribution in [3.8, 4) is 11.8 Å². The Hall–Kier alpha value is -1.34. The molecule has 0 fully saturated rings. The molecule has 1 aromatic rings. The first-order valence-electron chi connectivity index (χ1n) is 4.03. The molecule has 0 aliphatic heterocycles. The number of carbonyl (C=O) groups excluding carboxylic acids is 1. The van der Waals surface area contributed by atoms with E-state index in [2.05, 4.69) is 37.5 Å². The predicted octanol–water partition coefficient (Wildman–Crippen LogP) is 1.76. The van der Waals surface area contributed by atoms with E-state index in [0.717, 1.165) is 0 Å². The van der Waals surface area contributed by atoms with Crippen molar-refractivity contribution in [2.75, 3.05) is 6.61 Å². The Morgan fingerprint density at radius 2 is 2.50 bits per heavy atom. The fourth-order valence-corrected chi connectivity index (χ4v) is 1.11. The van der Waals surface area contributed by atoms with Gasteiger partial charge in [0.15, 0.2) is 0 Å². The van der Waals surface area contributed by atoms with Gasteiger partial charge in [0.25, 0.3) is 0 Å². The first kappa shape index (κ1) is 10.7. The van der Waals surface area contributed by atoms with E-state index in [4.69, 9.17) is 0 Å². The first-order valence-corrected chi connectivity index (χ1v) is 4.82. The van der Waals surface area contributed by atoms with E-state index in [1.54, 1.807) is 25.3 Å². The number of halogens is 1. The summed E-state index contributed by atoms with van der Waals surface area (Å²) in [6, 6.07) is 3.52. The van der Waals surface area contributed by atoms with Crippen molar-refractivity contribution in [2.24, 2.45) is 0 Å². The highest BCUT2D eigenvalue weighted by molar-refractivity contribution is 9.10. The van der Waals surface area contributed by atoms with Crippen LogP contribution in [0.4, 0.5) is 0 Å². The molecule has 0 aliphatic carbocycles. The smallest absolute Gasteiger partial charge is 0.384 e. The summed E-state index contributed by atoms with van der Waals surface area (Å²) < 4.78 is 5.28. The lowest BCUT2D eigenvalue weighted by Crippen LogP contribution is -1.99. The van der Waals surface area contributed by atoms with Crippen LogP contribution in [0.1, 0.15) is 12.5 Å². The Balaban J connectivity index is 2.77. The van der Waals surface area contributed by atoms with Gasteiger partial charge in [-0.2, -0.15) is 0 Å². The van der Waals surface area contributed by atoms with Crippen LogP contribution in [0, 0.1) is 11.8 Å². The van der Waals surface area contributed by atoms with Gasteiger partial charge in [-0.15, -0.1) is 0 Å². The lowest BCUT2D eigenvalue weighted by atomic mass is 10.3. The van der Waals surface area contributed by atoms with Gasteiger partial charge in [0.05, 0.1) is 12.2 Å². The summed E-state index contributed by atoms with van der Waals surface area (Å²) in [6.45, 7) is 2.07. The van der Waals surface area contributed by atoms with E-state index in [0.29, 0.717) is 16.8 Å². The standard InChI is InChI=1S/C10H8BrNO2/c1-2-14-9(13)6-5-8-4-3-7-12-10(8)11/h3-4,7H,2H2,1H3. The van der Waals surface area contributed by atoms with Crippen molar-refractivity contribution < 1.29 is 9.53 Å². The zero-order chi connectivity index (χ0) is 10.4. The molecule has 72 valence electrons. The van der Waals surface area contributed by atoms with Crippen LogP contribution in [0.15, 0.2) is 22.9 Å². The van der Waals surface area contributed by atoms with Crippen molar-refractivity contribution >= 4 is 21.9 Å². The fraction of sp³-hybridized carbons (Fsp3) is 0.200. The summed E-state index contributed by atoms with van der Waals surface area (Å²) in [5, 5.41) is 0. The molecule has 4 heteroatoms. The van der Waals surface area contributed by atoms with Crippen molar-refractivity contribution in [2.45, 2.75) is 6.92 Å². The normalized spacial score (nSPS) is 8.71. The minimum absolute atomic E-state index is 0.335. The minimum Gasteiger partial charge on any atom is -0.456 e. The number of ether oxygens (including phenoxy) is 1. The Kier molecular flexibility index (Phi) is 4.14. The van der Waals surface area contributed by atoms with Gasteiger partial charge in [0.1, 0.15) is 4.60 Å². The molecule has 0 N–H and O–H groups in total. The Bertz CT molecular complexity index is 393. The third-order valence-corrected chi connectivity index (χ3v) is 1.97. The zero-order valence-electron chi connectivity index (χ0n) is 7.58. The van der Waals surface area contributed by atoms with Crippen molar-refractivity contribution in [3.05, 3.63) is 28.5 Å². The van der Waals surface area contributed by atoms with Crippen molar-refractivity contribution in [1.82, 2.24) is 4.98 Å². The molecule has 0 atom stereocenters. The van der Waals surface area contributed by atoms with Crippen LogP contribution in [-0.2, 0) is 9.53 Å². The summed E-state index contributed by atoms with van der Waals surface area (Å²) in [5.74, 6) is 4.50. The molecule has 0 bridgehead atoms. The molecule has 3 nitrogen and oxygen atoms in total. The van der Waals surface area contributed by atoms with Gasteiger partial charge in [0, 0.05) is 12.1 Å². The maximum absolute atomic E-state index is 10.9. The third kappa shape index (κ3) is 3.19. The second-order valence-corrected chi connectivity index (χ2v) is 3.06. The highest BCUT2D eigenvalue weighted by Gasteiger charge is 1.96. The van der Waals surface area contributed by atoms with Crippen LogP contribution in [0.5, 0.6) is 0 Å². The molecule has 14 heavy (non-hydrogen) atoms. The lowest BCUT2D eigenvalue weighted by Gasteiger charge is -1.93. The predicted molar refractivity (Wildman–Crippen MR) is 55.4 cm³/mol. The highest BCUT2D eigenvalue weighted by Crippen LogP contribution is 2.10. The van der Waals surface area contributed by atoms with Gasteiger partial charge < -0.3 is 4.74 Å². The molecule has 1 heterocycles. The van der Waals surface area contributed by atoms with E-state index < -0.39 is 5.97 Å². The topological polar surface area (TPSA) is 39.2 Å².